The Labute approximate surface area is 111 Å². The third-order valence-corrected chi connectivity index (χ3v) is 3.28. The lowest BCUT2D eigenvalue weighted by Gasteiger charge is -2.15. The van der Waals surface area contributed by atoms with Crippen molar-refractivity contribution in [1.29, 1.82) is 5.26 Å². The summed E-state index contributed by atoms with van der Waals surface area (Å²) in [7, 11) is 0. The van der Waals surface area contributed by atoms with Crippen molar-refractivity contribution >= 4 is 11.7 Å². The van der Waals surface area contributed by atoms with Crippen LogP contribution in [-0.4, -0.2) is 29.8 Å². The van der Waals surface area contributed by atoms with Crippen LogP contribution in [0.5, 0.6) is 0 Å². The van der Waals surface area contributed by atoms with Crippen molar-refractivity contribution in [2.24, 2.45) is 0 Å². The van der Waals surface area contributed by atoms with E-state index < -0.39 is 12.1 Å². The number of ether oxygens (including phenoxy) is 1. The smallest absolute Gasteiger partial charge is 0.332 e. The molecule has 1 aromatic rings. The standard InChI is InChI=1S/C14H16N2O3/c1-9-3-2-4-10(7-15)13(9)16-8-11-5-6-12(19-11)14(17)18/h2-4,11-12,16H,5-6,8H2,1H3,(H,17,18). The summed E-state index contributed by atoms with van der Waals surface area (Å²) in [6.07, 6.45) is 0.449. The molecule has 19 heavy (non-hydrogen) atoms. The van der Waals surface area contributed by atoms with Crippen LogP contribution in [0.2, 0.25) is 0 Å². The van der Waals surface area contributed by atoms with Gasteiger partial charge in [-0.25, -0.2) is 4.79 Å². The number of nitrogens with one attached hydrogen (secondary N) is 1. The zero-order valence-corrected chi connectivity index (χ0v) is 10.7. The molecule has 0 radical (unpaired) electrons. The fourth-order valence-corrected chi connectivity index (χ4v) is 2.25. The molecule has 5 nitrogen and oxygen atoms in total. The first kappa shape index (κ1) is 13.4. The van der Waals surface area contributed by atoms with Crippen LogP contribution in [0.25, 0.3) is 0 Å². The molecule has 0 spiro atoms. The van der Waals surface area contributed by atoms with Crippen LogP contribution in [0.1, 0.15) is 24.0 Å². The van der Waals surface area contributed by atoms with Crippen molar-refractivity contribution in [2.45, 2.75) is 32.0 Å². The summed E-state index contributed by atoms with van der Waals surface area (Å²) < 4.78 is 5.41. The first-order chi connectivity index (χ1) is 9.11. The Hall–Kier alpha value is -2.06. The van der Waals surface area contributed by atoms with Crippen molar-refractivity contribution < 1.29 is 14.6 Å². The van der Waals surface area contributed by atoms with E-state index in [0.29, 0.717) is 18.5 Å². The maximum absolute atomic E-state index is 10.8. The van der Waals surface area contributed by atoms with Gasteiger partial charge in [-0.05, 0) is 31.4 Å². The minimum Gasteiger partial charge on any atom is -0.479 e. The van der Waals surface area contributed by atoms with Crippen LogP contribution in [0, 0.1) is 18.3 Å². The van der Waals surface area contributed by atoms with Gasteiger partial charge in [0.15, 0.2) is 6.10 Å². The quantitative estimate of drug-likeness (QED) is 0.864. The third-order valence-electron chi connectivity index (χ3n) is 3.28. The van der Waals surface area contributed by atoms with E-state index in [-0.39, 0.29) is 6.10 Å². The molecule has 1 aliphatic heterocycles. The Morgan fingerprint density at radius 2 is 2.37 bits per heavy atom. The fourth-order valence-electron chi connectivity index (χ4n) is 2.25. The van der Waals surface area contributed by atoms with Crippen LogP contribution in [0.3, 0.4) is 0 Å². The summed E-state index contributed by atoms with van der Waals surface area (Å²) in [6.45, 7) is 2.45. The number of carboxylic acid groups (broad SMARTS) is 1. The predicted molar refractivity (Wildman–Crippen MR) is 69.9 cm³/mol. The van der Waals surface area contributed by atoms with Gasteiger partial charge in [-0.3, -0.25) is 0 Å². The van der Waals surface area contributed by atoms with E-state index in [9.17, 15) is 4.79 Å². The number of aliphatic carboxylic acids is 1. The molecule has 2 unspecified atom stereocenters. The van der Waals surface area contributed by atoms with E-state index >= 15 is 0 Å². The minimum absolute atomic E-state index is 0.118. The van der Waals surface area contributed by atoms with E-state index in [1.54, 1.807) is 6.07 Å². The molecule has 0 amide bonds. The van der Waals surface area contributed by atoms with Gasteiger partial charge in [0.1, 0.15) is 6.07 Å². The van der Waals surface area contributed by atoms with Gasteiger partial charge in [-0.2, -0.15) is 5.26 Å². The van der Waals surface area contributed by atoms with Crippen LogP contribution >= 0.6 is 0 Å². The number of hydrogen-bond donors (Lipinski definition) is 2. The maximum Gasteiger partial charge on any atom is 0.332 e. The largest absolute Gasteiger partial charge is 0.479 e. The topological polar surface area (TPSA) is 82.4 Å². The second-order valence-electron chi connectivity index (χ2n) is 4.65. The zero-order valence-electron chi connectivity index (χ0n) is 10.7. The van der Waals surface area contributed by atoms with Crippen molar-refractivity contribution in [3.63, 3.8) is 0 Å². The van der Waals surface area contributed by atoms with E-state index in [4.69, 9.17) is 15.1 Å². The van der Waals surface area contributed by atoms with Crippen molar-refractivity contribution in [2.75, 3.05) is 11.9 Å². The molecule has 0 bridgehead atoms. The number of nitriles is 1. The summed E-state index contributed by atoms with van der Waals surface area (Å²) in [5.41, 5.74) is 2.38. The van der Waals surface area contributed by atoms with Gasteiger partial charge in [0.25, 0.3) is 0 Å². The lowest BCUT2D eigenvalue weighted by Crippen LogP contribution is -2.24. The highest BCUT2D eigenvalue weighted by Crippen LogP contribution is 2.23. The summed E-state index contributed by atoms with van der Waals surface area (Å²) in [5, 5.41) is 21.1. The van der Waals surface area contributed by atoms with E-state index in [2.05, 4.69) is 11.4 Å². The summed E-state index contributed by atoms with van der Waals surface area (Å²) in [6, 6.07) is 7.66. The van der Waals surface area contributed by atoms with Gasteiger partial charge in [0.05, 0.1) is 17.4 Å². The number of anilines is 1. The predicted octanol–water partition coefficient (Wildman–Crippen LogP) is 1.91. The first-order valence-electron chi connectivity index (χ1n) is 6.23. The highest BCUT2D eigenvalue weighted by atomic mass is 16.5. The van der Waals surface area contributed by atoms with Gasteiger partial charge in [0, 0.05) is 6.54 Å². The first-order valence-corrected chi connectivity index (χ1v) is 6.23. The molecular formula is C14H16N2O3. The SMILES string of the molecule is Cc1cccc(C#N)c1NCC1CCC(C(=O)O)O1. The monoisotopic (exact) mass is 260 g/mol. The highest BCUT2D eigenvalue weighted by Gasteiger charge is 2.30. The molecule has 1 aromatic carbocycles. The molecule has 0 aromatic heterocycles. The average molecular weight is 260 g/mol. The molecule has 1 heterocycles. The number of benzene rings is 1. The normalized spacial score (nSPS) is 21.9. The second-order valence-corrected chi connectivity index (χ2v) is 4.65. The zero-order chi connectivity index (χ0) is 13.8. The van der Waals surface area contributed by atoms with Crippen molar-refractivity contribution in [1.82, 2.24) is 0 Å². The maximum atomic E-state index is 10.8. The van der Waals surface area contributed by atoms with Gasteiger partial charge in [-0.15, -0.1) is 0 Å². The number of aryl methyl sites for hydroxylation is 1. The minimum atomic E-state index is -0.906. The van der Waals surface area contributed by atoms with Gasteiger partial charge >= 0.3 is 5.97 Å². The molecule has 5 heteroatoms. The molecule has 1 fully saturated rings. The van der Waals surface area contributed by atoms with Crippen LogP contribution in [0.15, 0.2) is 18.2 Å². The number of carboxylic acids is 1. The summed E-state index contributed by atoms with van der Waals surface area (Å²) in [5.74, 6) is -0.906. The molecule has 1 saturated heterocycles. The Balaban J connectivity index is 1.97. The van der Waals surface area contributed by atoms with Gasteiger partial charge in [0.2, 0.25) is 0 Å². The Kier molecular flexibility index (Phi) is 4.03. The fraction of sp³-hybridized carbons (Fsp3) is 0.429. The molecule has 1 aliphatic rings. The van der Waals surface area contributed by atoms with Gasteiger partial charge < -0.3 is 15.2 Å². The second kappa shape index (κ2) is 5.72. The Bertz CT molecular complexity index is 522. The molecule has 2 atom stereocenters. The Morgan fingerprint density at radius 1 is 1.58 bits per heavy atom. The Morgan fingerprint density at radius 3 is 3.00 bits per heavy atom. The van der Waals surface area contributed by atoms with Crippen LogP contribution < -0.4 is 5.32 Å². The number of nitrogens with zero attached hydrogens (tertiary/aromatic N) is 1. The molecule has 100 valence electrons. The molecular weight excluding hydrogens is 244 g/mol. The highest BCUT2D eigenvalue weighted by molar-refractivity contribution is 5.72. The van der Waals surface area contributed by atoms with Crippen molar-refractivity contribution in [3.8, 4) is 6.07 Å². The number of para-hydroxylation sites is 1. The number of hydrogen-bond acceptors (Lipinski definition) is 4. The molecule has 0 aliphatic carbocycles. The van der Waals surface area contributed by atoms with Gasteiger partial charge in [-0.1, -0.05) is 12.1 Å². The lowest BCUT2D eigenvalue weighted by atomic mass is 10.1. The van der Waals surface area contributed by atoms with Crippen molar-refractivity contribution in [3.05, 3.63) is 29.3 Å². The lowest BCUT2D eigenvalue weighted by molar-refractivity contribution is -0.149. The summed E-state index contributed by atoms with van der Waals surface area (Å²) >= 11 is 0. The third kappa shape index (κ3) is 3.04. The van der Waals surface area contributed by atoms with Crippen LogP contribution in [-0.2, 0) is 9.53 Å². The number of carbonyl (C=O) groups is 1. The average Bonchev–Trinajstić information content (AvgIpc) is 2.86. The van der Waals surface area contributed by atoms with Crippen LogP contribution in [0.4, 0.5) is 5.69 Å². The van der Waals surface area contributed by atoms with E-state index in [1.807, 2.05) is 19.1 Å². The number of rotatable bonds is 4. The summed E-state index contributed by atoms with van der Waals surface area (Å²) in [4.78, 5) is 10.8. The molecule has 2 rings (SSSR count). The van der Waals surface area contributed by atoms with E-state index in [1.165, 1.54) is 0 Å². The molecule has 2 N–H and O–H groups in total. The van der Waals surface area contributed by atoms with E-state index in [0.717, 1.165) is 17.7 Å². The molecule has 0 saturated carbocycles.